The van der Waals surface area contributed by atoms with Crippen LogP contribution in [0, 0.1) is 12.3 Å². The van der Waals surface area contributed by atoms with Crippen molar-refractivity contribution in [3.63, 3.8) is 0 Å². The molecule has 6 heteroatoms. The van der Waals surface area contributed by atoms with Gasteiger partial charge in [0.05, 0.1) is 6.04 Å². The Balaban J connectivity index is 1.37. The van der Waals surface area contributed by atoms with E-state index < -0.39 is 0 Å². The van der Waals surface area contributed by atoms with Gasteiger partial charge >= 0.3 is 0 Å². The van der Waals surface area contributed by atoms with Crippen LogP contribution < -0.4 is 15.5 Å². The molecule has 1 spiro atoms. The molecule has 1 aromatic rings. The number of aromatic nitrogens is 1. The van der Waals surface area contributed by atoms with Gasteiger partial charge < -0.3 is 20.4 Å². The van der Waals surface area contributed by atoms with E-state index in [0.29, 0.717) is 11.3 Å². The molecule has 3 fully saturated rings. The molecule has 3 aliphatic heterocycles. The van der Waals surface area contributed by atoms with Crippen LogP contribution in [0.15, 0.2) is 18.5 Å². The summed E-state index contributed by atoms with van der Waals surface area (Å²) in [4.78, 5) is 21.8. The molecule has 142 valence electrons. The molecule has 0 saturated carbocycles. The van der Waals surface area contributed by atoms with Crippen molar-refractivity contribution >= 4 is 11.6 Å². The lowest BCUT2D eigenvalue weighted by Crippen LogP contribution is -2.45. The Kier molecular flexibility index (Phi) is 5.14. The van der Waals surface area contributed by atoms with Crippen LogP contribution in [0.25, 0.3) is 0 Å². The Bertz CT molecular complexity index is 643. The van der Waals surface area contributed by atoms with Crippen LogP contribution in [0.3, 0.4) is 0 Å². The number of anilines is 1. The first-order valence-electron chi connectivity index (χ1n) is 10.1. The normalized spacial score (nSPS) is 26.1. The van der Waals surface area contributed by atoms with Gasteiger partial charge in [0.1, 0.15) is 0 Å². The fourth-order valence-electron chi connectivity index (χ4n) is 4.85. The highest BCUT2D eigenvalue weighted by Gasteiger charge is 2.43. The van der Waals surface area contributed by atoms with Gasteiger partial charge in [0.15, 0.2) is 0 Å². The van der Waals surface area contributed by atoms with Crippen molar-refractivity contribution in [2.45, 2.75) is 38.6 Å². The minimum atomic E-state index is 0.0160. The first kappa shape index (κ1) is 17.7. The summed E-state index contributed by atoms with van der Waals surface area (Å²) < 4.78 is 0. The summed E-state index contributed by atoms with van der Waals surface area (Å²) in [6.45, 7) is 8.87. The van der Waals surface area contributed by atoms with E-state index in [-0.39, 0.29) is 6.04 Å². The number of pyridine rings is 1. The molecule has 4 rings (SSSR count). The lowest BCUT2D eigenvalue weighted by atomic mass is 9.77. The zero-order valence-electron chi connectivity index (χ0n) is 15.8. The molecule has 4 heterocycles. The average Bonchev–Trinajstić information content (AvgIpc) is 2.90. The van der Waals surface area contributed by atoms with E-state index in [9.17, 15) is 4.79 Å². The van der Waals surface area contributed by atoms with Crippen LogP contribution in [0.5, 0.6) is 0 Å². The Morgan fingerprint density at radius 2 is 2.08 bits per heavy atom. The molecular weight excluding hydrogens is 326 g/mol. The molecule has 3 aliphatic rings. The van der Waals surface area contributed by atoms with Gasteiger partial charge in [-0.15, -0.1) is 0 Å². The molecular formula is C20H31N5O. The maximum atomic E-state index is 13.1. The van der Waals surface area contributed by atoms with Crippen molar-refractivity contribution in [1.82, 2.24) is 20.5 Å². The van der Waals surface area contributed by atoms with E-state index in [1.54, 1.807) is 0 Å². The fraction of sp³-hybridized carbons (Fsp3) is 0.700. The summed E-state index contributed by atoms with van der Waals surface area (Å²) in [6.07, 6.45) is 8.20. The third kappa shape index (κ3) is 3.58. The van der Waals surface area contributed by atoms with Crippen molar-refractivity contribution in [3.8, 4) is 0 Å². The zero-order chi connectivity index (χ0) is 18.0. The monoisotopic (exact) mass is 357 g/mol. The van der Waals surface area contributed by atoms with Gasteiger partial charge in [0.2, 0.25) is 5.91 Å². The standard InChI is InChI=1S/C20H31N5O/c1-16-14-22-6-3-18(16)24-9-2-10-25(12-11-24)19(26)17-13-20(15-23-17)4-7-21-8-5-20/h3,6,14,17,21,23H,2,4-5,7-13,15H2,1H3. The third-order valence-corrected chi connectivity index (χ3v) is 6.46. The summed E-state index contributed by atoms with van der Waals surface area (Å²) in [5, 5.41) is 6.99. The lowest BCUT2D eigenvalue weighted by Gasteiger charge is -2.33. The molecule has 1 unspecified atom stereocenters. The molecule has 0 radical (unpaired) electrons. The predicted molar refractivity (Wildman–Crippen MR) is 103 cm³/mol. The first-order chi connectivity index (χ1) is 12.7. The fourth-order valence-corrected chi connectivity index (χ4v) is 4.85. The van der Waals surface area contributed by atoms with Crippen molar-refractivity contribution in [1.29, 1.82) is 0 Å². The van der Waals surface area contributed by atoms with Crippen molar-refractivity contribution in [2.75, 3.05) is 50.7 Å². The van der Waals surface area contributed by atoms with Crippen molar-refractivity contribution < 1.29 is 4.79 Å². The smallest absolute Gasteiger partial charge is 0.239 e. The van der Waals surface area contributed by atoms with E-state index in [1.165, 1.54) is 24.1 Å². The van der Waals surface area contributed by atoms with Gasteiger partial charge in [-0.1, -0.05) is 0 Å². The number of amides is 1. The maximum Gasteiger partial charge on any atom is 0.239 e. The second-order valence-corrected chi connectivity index (χ2v) is 8.22. The Labute approximate surface area is 156 Å². The number of piperidine rings is 1. The molecule has 0 bridgehead atoms. The summed E-state index contributed by atoms with van der Waals surface area (Å²) >= 11 is 0. The SMILES string of the molecule is Cc1cnccc1N1CCCN(C(=O)C2CC3(CCNCC3)CN2)CC1. The predicted octanol–water partition coefficient (Wildman–Crippen LogP) is 1.16. The minimum Gasteiger partial charge on any atom is -0.369 e. The molecule has 0 aromatic carbocycles. The molecule has 3 saturated heterocycles. The highest BCUT2D eigenvalue weighted by molar-refractivity contribution is 5.82. The van der Waals surface area contributed by atoms with Crippen LogP contribution in [-0.4, -0.2) is 67.6 Å². The average molecular weight is 358 g/mol. The second kappa shape index (κ2) is 7.53. The molecule has 2 N–H and O–H groups in total. The Morgan fingerprint density at radius 1 is 1.23 bits per heavy atom. The molecule has 1 aromatic heterocycles. The summed E-state index contributed by atoms with van der Waals surface area (Å²) in [5.41, 5.74) is 2.80. The van der Waals surface area contributed by atoms with E-state index in [0.717, 1.165) is 58.7 Å². The minimum absolute atomic E-state index is 0.0160. The first-order valence-corrected chi connectivity index (χ1v) is 10.1. The zero-order valence-corrected chi connectivity index (χ0v) is 15.8. The van der Waals surface area contributed by atoms with E-state index in [2.05, 4.69) is 38.4 Å². The summed E-state index contributed by atoms with van der Waals surface area (Å²) in [7, 11) is 0. The van der Waals surface area contributed by atoms with Crippen molar-refractivity contribution in [3.05, 3.63) is 24.0 Å². The summed E-state index contributed by atoms with van der Waals surface area (Å²) in [5.74, 6) is 0.314. The topological polar surface area (TPSA) is 60.5 Å². The van der Waals surface area contributed by atoms with Crippen LogP contribution >= 0.6 is 0 Å². The quantitative estimate of drug-likeness (QED) is 0.832. The van der Waals surface area contributed by atoms with Gasteiger partial charge in [-0.25, -0.2) is 0 Å². The largest absolute Gasteiger partial charge is 0.369 e. The number of hydrogen-bond acceptors (Lipinski definition) is 5. The van der Waals surface area contributed by atoms with Crippen LogP contribution in [0.2, 0.25) is 0 Å². The highest BCUT2D eigenvalue weighted by Crippen LogP contribution is 2.37. The van der Waals surface area contributed by atoms with Crippen LogP contribution in [-0.2, 0) is 4.79 Å². The number of nitrogens with zero attached hydrogens (tertiary/aromatic N) is 3. The Morgan fingerprint density at radius 3 is 2.88 bits per heavy atom. The number of rotatable bonds is 2. The van der Waals surface area contributed by atoms with E-state index in [4.69, 9.17) is 0 Å². The summed E-state index contributed by atoms with van der Waals surface area (Å²) in [6, 6.07) is 2.11. The highest BCUT2D eigenvalue weighted by atomic mass is 16.2. The maximum absolute atomic E-state index is 13.1. The molecule has 1 atom stereocenters. The van der Waals surface area contributed by atoms with Gasteiger partial charge in [-0.2, -0.15) is 0 Å². The van der Waals surface area contributed by atoms with E-state index in [1.807, 2.05) is 12.4 Å². The van der Waals surface area contributed by atoms with Crippen molar-refractivity contribution in [2.24, 2.45) is 5.41 Å². The Hall–Kier alpha value is -1.66. The van der Waals surface area contributed by atoms with Crippen LogP contribution in [0.4, 0.5) is 5.69 Å². The lowest BCUT2D eigenvalue weighted by molar-refractivity contribution is -0.133. The van der Waals surface area contributed by atoms with E-state index >= 15 is 0 Å². The van der Waals surface area contributed by atoms with Gasteiger partial charge in [0, 0.05) is 50.8 Å². The molecule has 1 amide bonds. The van der Waals surface area contributed by atoms with Gasteiger partial charge in [0.25, 0.3) is 0 Å². The number of carbonyl (C=O) groups is 1. The molecule has 26 heavy (non-hydrogen) atoms. The third-order valence-electron chi connectivity index (χ3n) is 6.46. The number of aryl methyl sites for hydroxylation is 1. The van der Waals surface area contributed by atoms with Gasteiger partial charge in [-0.05, 0) is 62.7 Å². The number of hydrogen-bond donors (Lipinski definition) is 2. The van der Waals surface area contributed by atoms with Crippen LogP contribution in [0.1, 0.15) is 31.2 Å². The van der Waals surface area contributed by atoms with Gasteiger partial charge in [-0.3, -0.25) is 9.78 Å². The number of carbonyl (C=O) groups excluding carboxylic acids is 1. The molecule has 6 nitrogen and oxygen atoms in total. The second-order valence-electron chi connectivity index (χ2n) is 8.22. The number of nitrogens with one attached hydrogen (secondary N) is 2. The molecule has 0 aliphatic carbocycles.